The molecule has 50 heavy (non-hydrogen) atoms. The van der Waals surface area contributed by atoms with Crippen molar-refractivity contribution in [3.05, 3.63) is 170 Å². The number of fused-ring (bicyclic) bond motifs is 6. The van der Waals surface area contributed by atoms with E-state index >= 15 is 0 Å². The molecule has 0 spiro atoms. The second-order valence-corrected chi connectivity index (χ2v) is 12.4. The Morgan fingerprint density at radius 1 is 0.380 bits per heavy atom. The number of rotatable bonds is 5. The van der Waals surface area contributed by atoms with Gasteiger partial charge in [0.1, 0.15) is 11.2 Å². The van der Waals surface area contributed by atoms with Crippen LogP contribution < -0.4 is 0 Å². The highest BCUT2D eigenvalue weighted by Crippen LogP contribution is 2.39. The molecule has 10 aromatic rings. The molecule has 0 bridgehead atoms. The van der Waals surface area contributed by atoms with Gasteiger partial charge in [-0.25, -0.2) is 15.0 Å². The van der Waals surface area contributed by atoms with Crippen LogP contribution in [0.2, 0.25) is 0 Å². The quantitative estimate of drug-likeness (QED) is 0.188. The number of aromatic nitrogens is 4. The standard InChI is InChI=1S/C45H28N4O/c1-3-12-30(13-4-1)43-46-44(31-14-5-2-6-15-31)48-45(47-43)38-19-11-18-37-34-16-7-9-20-39(34)49(42(37)38)33-25-22-29(23-26-33)32-24-27-36-35-17-8-10-21-40(35)50-41(36)28-32/h1-28H. The summed E-state index contributed by atoms with van der Waals surface area (Å²) < 4.78 is 8.54. The number of hydrogen-bond acceptors (Lipinski definition) is 4. The normalized spacial score (nSPS) is 11.6. The molecule has 3 heterocycles. The van der Waals surface area contributed by atoms with Crippen molar-refractivity contribution in [2.45, 2.75) is 0 Å². The first-order valence-electron chi connectivity index (χ1n) is 16.7. The van der Waals surface area contributed by atoms with E-state index in [4.69, 9.17) is 19.4 Å². The summed E-state index contributed by atoms with van der Waals surface area (Å²) in [6, 6.07) is 58.6. The van der Waals surface area contributed by atoms with Crippen LogP contribution in [-0.2, 0) is 0 Å². The molecule has 0 radical (unpaired) electrons. The smallest absolute Gasteiger partial charge is 0.166 e. The Balaban J connectivity index is 1.16. The molecule has 5 heteroatoms. The van der Waals surface area contributed by atoms with Crippen molar-refractivity contribution in [2.75, 3.05) is 0 Å². The van der Waals surface area contributed by atoms with Crippen LogP contribution in [0.3, 0.4) is 0 Å². The van der Waals surface area contributed by atoms with Crippen molar-refractivity contribution in [3.8, 4) is 51.0 Å². The van der Waals surface area contributed by atoms with Crippen molar-refractivity contribution < 1.29 is 4.42 Å². The molecule has 3 aromatic heterocycles. The molecule has 0 aliphatic carbocycles. The van der Waals surface area contributed by atoms with Crippen LogP contribution in [0.4, 0.5) is 0 Å². The summed E-state index contributed by atoms with van der Waals surface area (Å²) in [6.45, 7) is 0. The van der Waals surface area contributed by atoms with E-state index < -0.39 is 0 Å². The van der Waals surface area contributed by atoms with Gasteiger partial charge in [-0.3, -0.25) is 0 Å². The van der Waals surface area contributed by atoms with Gasteiger partial charge in [0.15, 0.2) is 17.5 Å². The lowest BCUT2D eigenvalue weighted by Gasteiger charge is -2.13. The molecule has 0 saturated heterocycles. The summed E-state index contributed by atoms with van der Waals surface area (Å²) in [5.74, 6) is 1.91. The van der Waals surface area contributed by atoms with Gasteiger partial charge in [-0.15, -0.1) is 0 Å². The fourth-order valence-corrected chi connectivity index (χ4v) is 7.10. The van der Waals surface area contributed by atoms with Gasteiger partial charge in [0, 0.05) is 43.9 Å². The molecule has 0 saturated carbocycles. The zero-order valence-electron chi connectivity index (χ0n) is 26.9. The van der Waals surface area contributed by atoms with Crippen molar-refractivity contribution in [2.24, 2.45) is 0 Å². The molecule has 0 aliphatic rings. The second-order valence-electron chi connectivity index (χ2n) is 12.4. The lowest BCUT2D eigenvalue weighted by molar-refractivity contribution is 0.669. The molecular formula is C45H28N4O. The monoisotopic (exact) mass is 640 g/mol. The van der Waals surface area contributed by atoms with E-state index in [0.717, 1.165) is 71.9 Å². The number of furan rings is 1. The fraction of sp³-hybridized carbons (Fsp3) is 0. The van der Waals surface area contributed by atoms with Gasteiger partial charge >= 0.3 is 0 Å². The van der Waals surface area contributed by atoms with Gasteiger partial charge in [-0.05, 0) is 53.6 Å². The lowest BCUT2D eigenvalue weighted by atomic mass is 10.0. The molecule has 10 rings (SSSR count). The first kappa shape index (κ1) is 28.2. The van der Waals surface area contributed by atoms with E-state index in [1.807, 2.05) is 72.8 Å². The molecule has 0 N–H and O–H groups in total. The Labute approximate surface area is 287 Å². The lowest BCUT2D eigenvalue weighted by Crippen LogP contribution is -2.02. The van der Waals surface area contributed by atoms with Crippen molar-refractivity contribution >= 4 is 43.7 Å². The van der Waals surface area contributed by atoms with E-state index in [2.05, 4.69) is 102 Å². The topological polar surface area (TPSA) is 56.7 Å². The molecule has 234 valence electrons. The minimum absolute atomic E-state index is 0.628. The van der Waals surface area contributed by atoms with Crippen LogP contribution in [0.5, 0.6) is 0 Å². The molecule has 0 unspecified atom stereocenters. The first-order chi connectivity index (χ1) is 24.8. The van der Waals surface area contributed by atoms with Crippen molar-refractivity contribution in [3.63, 3.8) is 0 Å². The minimum Gasteiger partial charge on any atom is -0.456 e. The maximum absolute atomic E-state index is 6.20. The third kappa shape index (κ3) is 4.60. The number of benzene rings is 7. The van der Waals surface area contributed by atoms with E-state index in [0.29, 0.717) is 17.5 Å². The SMILES string of the molecule is c1ccc(-c2nc(-c3ccccc3)nc(-c3cccc4c5ccccc5n(-c5ccc(-c6ccc7c(c6)oc6ccccc67)cc5)c34)n2)cc1. The molecular weight excluding hydrogens is 613 g/mol. The average molecular weight is 641 g/mol. The third-order valence-corrected chi connectivity index (χ3v) is 9.47. The van der Waals surface area contributed by atoms with E-state index in [-0.39, 0.29) is 0 Å². The molecule has 7 aromatic carbocycles. The third-order valence-electron chi connectivity index (χ3n) is 9.47. The maximum Gasteiger partial charge on any atom is 0.166 e. The first-order valence-corrected chi connectivity index (χ1v) is 16.7. The van der Waals surface area contributed by atoms with E-state index in [1.54, 1.807) is 0 Å². The van der Waals surface area contributed by atoms with Gasteiger partial charge < -0.3 is 8.98 Å². The Kier molecular flexibility index (Phi) is 6.42. The van der Waals surface area contributed by atoms with Crippen LogP contribution in [0.1, 0.15) is 0 Å². The summed E-state index contributed by atoms with van der Waals surface area (Å²) in [7, 11) is 0. The molecule has 0 amide bonds. The van der Waals surface area contributed by atoms with Gasteiger partial charge in [-0.2, -0.15) is 0 Å². The Morgan fingerprint density at radius 3 is 1.70 bits per heavy atom. The van der Waals surface area contributed by atoms with Crippen molar-refractivity contribution in [1.29, 1.82) is 0 Å². The summed E-state index contributed by atoms with van der Waals surface area (Å²) >= 11 is 0. The summed E-state index contributed by atoms with van der Waals surface area (Å²) in [5, 5.41) is 4.57. The maximum atomic E-state index is 6.20. The van der Waals surface area contributed by atoms with Crippen molar-refractivity contribution in [1.82, 2.24) is 19.5 Å². The van der Waals surface area contributed by atoms with Crippen LogP contribution in [0, 0.1) is 0 Å². The molecule has 0 atom stereocenters. The highest BCUT2D eigenvalue weighted by molar-refractivity contribution is 6.13. The summed E-state index contributed by atoms with van der Waals surface area (Å²) in [4.78, 5) is 15.1. The van der Waals surface area contributed by atoms with Gasteiger partial charge in [0.25, 0.3) is 0 Å². The number of nitrogens with zero attached hydrogens (tertiary/aromatic N) is 4. The van der Waals surface area contributed by atoms with Crippen LogP contribution in [-0.4, -0.2) is 19.5 Å². The van der Waals surface area contributed by atoms with Gasteiger partial charge in [0.2, 0.25) is 0 Å². The Morgan fingerprint density at radius 2 is 0.960 bits per heavy atom. The molecule has 0 fully saturated rings. The largest absolute Gasteiger partial charge is 0.456 e. The average Bonchev–Trinajstić information content (AvgIpc) is 3.74. The van der Waals surface area contributed by atoms with Crippen LogP contribution in [0.15, 0.2) is 174 Å². The summed E-state index contributed by atoms with van der Waals surface area (Å²) in [5.41, 5.74) is 10.1. The fourth-order valence-electron chi connectivity index (χ4n) is 7.10. The van der Waals surface area contributed by atoms with Crippen LogP contribution >= 0.6 is 0 Å². The Hall–Kier alpha value is -6.85. The predicted octanol–water partition coefficient (Wildman–Crippen LogP) is 11.5. The van der Waals surface area contributed by atoms with Crippen LogP contribution in [0.25, 0.3) is 94.7 Å². The molecule has 0 aliphatic heterocycles. The highest BCUT2D eigenvalue weighted by Gasteiger charge is 2.20. The summed E-state index contributed by atoms with van der Waals surface area (Å²) in [6.07, 6.45) is 0. The highest BCUT2D eigenvalue weighted by atomic mass is 16.3. The Bertz CT molecular complexity index is 2800. The predicted molar refractivity (Wildman–Crippen MR) is 203 cm³/mol. The number of para-hydroxylation sites is 3. The van der Waals surface area contributed by atoms with Gasteiger partial charge in [0.05, 0.1) is 11.0 Å². The zero-order chi connectivity index (χ0) is 33.0. The van der Waals surface area contributed by atoms with E-state index in [1.165, 1.54) is 5.39 Å². The molecule has 5 nitrogen and oxygen atoms in total. The van der Waals surface area contributed by atoms with Gasteiger partial charge in [-0.1, -0.05) is 127 Å². The van der Waals surface area contributed by atoms with E-state index in [9.17, 15) is 0 Å². The minimum atomic E-state index is 0.628. The number of hydrogen-bond donors (Lipinski definition) is 0. The second kappa shape index (κ2) is 11.4. The zero-order valence-corrected chi connectivity index (χ0v) is 26.9.